The number of ether oxygens (including phenoxy) is 1. The molecule has 2 atom stereocenters. The van der Waals surface area contributed by atoms with Gasteiger partial charge in [-0.3, -0.25) is 9.80 Å². The Balaban J connectivity index is 0.00000272. The van der Waals surface area contributed by atoms with Crippen LogP contribution in [0.3, 0.4) is 0 Å². The molecule has 1 aliphatic rings. The molecule has 3 rings (SSSR count). The third-order valence-corrected chi connectivity index (χ3v) is 9.46. The molecule has 0 saturated heterocycles. The van der Waals surface area contributed by atoms with E-state index in [1.165, 1.54) is 18.4 Å². The van der Waals surface area contributed by atoms with Crippen LogP contribution in [0.15, 0.2) is 70.6 Å². The Hall–Kier alpha value is -4.72. The Morgan fingerprint density at radius 3 is 2.29 bits per heavy atom. The largest absolute Gasteiger partial charge is 0.457 e. The number of aryl methyl sites for hydroxylation is 3. The van der Waals surface area contributed by atoms with Gasteiger partial charge in [0.05, 0.1) is 12.2 Å². The van der Waals surface area contributed by atoms with E-state index in [1.807, 2.05) is 115 Å². The molecule has 1 aromatic carbocycles. The molecule has 0 saturated carbocycles. The Bertz CT molecular complexity index is 1680. The molecule has 10 nitrogen and oxygen atoms in total. The summed E-state index contributed by atoms with van der Waals surface area (Å²) in [5.74, 6) is 5.33. The summed E-state index contributed by atoms with van der Waals surface area (Å²) in [5.41, 5.74) is 17.1. The second-order valence-corrected chi connectivity index (χ2v) is 14.8. The number of unbranched alkanes of at least 4 members (excludes halogenated alkanes) is 1. The standard InChI is InChI=1S/C39H57N7O2.C4H11N.C4H6.C2H6/c1-10-28(3)14-12-22-45(37(47)15-13-21-44(8)9)23-18-29(4)35-27-31(6)38(42-32(35)7)39(40)43-33-16-17-36(30(5)26-33)48-34-19-24-46(25-20-34)41-11-2;1-2-3-4-5;1-3-4-2;1-2/h11,13,15-17,19-20,24,26-29H,10,12,14,18,21-23,25H2,1-9H3,(H2,40,43);2-5H2,1H3;1H,4H2,2H3;1-2H3/b15-13+,41-11-;;;. The van der Waals surface area contributed by atoms with Crippen LogP contribution in [0.5, 0.6) is 5.75 Å². The van der Waals surface area contributed by atoms with Crippen molar-refractivity contribution in [3.8, 4) is 18.1 Å². The number of nitrogens with two attached hydrogens (primary N) is 2. The first kappa shape index (κ1) is 54.3. The number of aliphatic imine (C=N–C) groups is 1. The van der Waals surface area contributed by atoms with Gasteiger partial charge in [0.1, 0.15) is 23.0 Å². The molecule has 1 amide bonds. The van der Waals surface area contributed by atoms with Crippen molar-refractivity contribution in [3.63, 3.8) is 0 Å². The number of allylic oxidation sites excluding steroid dienone is 1. The summed E-state index contributed by atoms with van der Waals surface area (Å²) in [6, 6.07) is 7.96. The van der Waals surface area contributed by atoms with Crippen molar-refractivity contribution < 1.29 is 9.53 Å². The summed E-state index contributed by atoms with van der Waals surface area (Å²) in [6.45, 7) is 26.5. The lowest BCUT2D eigenvalue weighted by atomic mass is 9.94. The van der Waals surface area contributed by atoms with Crippen molar-refractivity contribution in [3.05, 3.63) is 88.6 Å². The molecule has 0 spiro atoms. The van der Waals surface area contributed by atoms with Crippen LogP contribution in [0, 0.1) is 39.0 Å². The van der Waals surface area contributed by atoms with Crippen molar-refractivity contribution in [2.24, 2.45) is 27.5 Å². The van der Waals surface area contributed by atoms with Gasteiger partial charge in [-0.1, -0.05) is 73.5 Å². The maximum absolute atomic E-state index is 13.1. The van der Waals surface area contributed by atoms with Crippen LogP contribution < -0.4 is 16.2 Å². The highest BCUT2D eigenvalue weighted by molar-refractivity contribution is 5.98. The number of amidine groups is 1. The number of terminal acetylenes is 1. The summed E-state index contributed by atoms with van der Waals surface area (Å²) >= 11 is 0. The van der Waals surface area contributed by atoms with Gasteiger partial charge in [-0.25, -0.2) is 9.98 Å². The average Bonchev–Trinajstić information content (AvgIpc) is 3.22. The lowest BCUT2D eigenvalue weighted by Crippen LogP contribution is -2.32. The van der Waals surface area contributed by atoms with Gasteiger partial charge in [0.2, 0.25) is 5.91 Å². The fourth-order valence-electron chi connectivity index (χ4n) is 5.75. The van der Waals surface area contributed by atoms with E-state index in [9.17, 15) is 4.79 Å². The van der Waals surface area contributed by atoms with Gasteiger partial charge in [0.15, 0.2) is 0 Å². The van der Waals surface area contributed by atoms with Gasteiger partial charge < -0.3 is 26.0 Å². The molecule has 59 heavy (non-hydrogen) atoms. The summed E-state index contributed by atoms with van der Waals surface area (Å²) in [6.07, 6.45) is 23.4. The third kappa shape index (κ3) is 22.3. The number of pyridine rings is 1. The number of carbonyl (C=O) groups excluding carboxylic acids is 1. The van der Waals surface area contributed by atoms with Crippen LogP contribution in [0.25, 0.3) is 0 Å². The van der Waals surface area contributed by atoms with Crippen molar-refractivity contribution >= 4 is 23.6 Å². The van der Waals surface area contributed by atoms with Gasteiger partial charge in [0, 0.05) is 50.2 Å². The number of amides is 1. The number of hydrogen-bond acceptors (Lipinski definition) is 8. The van der Waals surface area contributed by atoms with E-state index in [-0.39, 0.29) is 11.8 Å². The second-order valence-electron chi connectivity index (χ2n) is 14.8. The van der Waals surface area contributed by atoms with E-state index in [1.54, 1.807) is 12.3 Å². The monoisotopic (exact) mass is 813 g/mol. The smallest absolute Gasteiger partial charge is 0.246 e. The van der Waals surface area contributed by atoms with Gasteiger partial charge in [-0.05, 0) is 133 Å². The molecule has 0 fully saturated rings. The Kier molecular flexibility index (Phi) is 29.6. The van der Waals surface area contributed by atoms with Gasteiger partial charge in [0.25, 0.3) is 0 Å². The number of hydrogen-bond donors (Lipinski definition) is 2. The maximum Gasteiger partial charge on any atom is 0.246 e. The zero-order chi connectivity index (χ0) is 44.8. The third-order valence-electron chi connectivity index (χ3n) is 9.46. The zero-order valence-electron chi connectivity index (χ0n) is 39.1. The molecule has 10 heteroatoms. The average molecular weight is 813 g/mol. The zero-order valence-corrected chi connectivity index (χ0v) is 39.1. The molecular formula is C49H80N8O2. The first-order valence-corrected chi connectivity index (χ1v) is 21.7. The molecule has 328 valence electrons. The molecule has 0 bridgehead atoms. The van der Waals surface area contributed by atoms with Crippen molar-refractivity contribution in [1.29, 1.82) is 0 Å². The molecular weight excluding hydrogens is 733 g/mol. The fourth-order valence-corrected chi connectivity index (χ4v) is 5.75. The summed E-state index contributed by atoms with van der Waals surface area (Å²) in [7, 11) is 4.01. The molecule has 1 aliphatic heterocycles. The first-order valence-electron chi connectivity index (χ1n) is 21.7. The van der Waals surface area contributed by atoms with E-state index in [0.717, 1.165) is 85.8 Å². The number of aromatic nitrogens is 1. The SMILES string of the molecule is C#CCC.C/C=N\N1C=CC(Oc2ccc(N=C(N)c3nc(C)c(C(C)CCN(CCCC(C)CC)C(=O)/C=C/CN(C)C)cc3C)cc2C)=CC1.CC.CCCCN. The van der Waals surface area contributed by atoms with Crippen molar-refractivity contribution in [2.45, 2.75) is 127 Å². The molecule has 2 aromatic rings. The van der Waals surface area contributed by atoms with E-state index in [0.29, 0.717) is 30.5 Å². The van der Waals surface area contributed by atoms with Crippen LogP contribution in [-0.2, 0) is 4.79 Å². The fraction of sp³-hybridized carbons (Fsp3) is 0.551. The van der Waals surface area contributed by atoms with Crippen LogP contribution in [0.1, 0.15) is 134 Å². The predicted octanol–water partition coefficient (Wildman–Crippen LogP) is 10.2. The van der Waals surface area contributed by atoms with E-state index >= 15 is 0 Å². The summed E-state index contributed by atoms with van der Waals surface area (Å²) in [5, 5.41) is 6.09. The Labute approximate surface area is 360 Å². The quantitative estimate of drug-likeness (QED) is 0.0626. The van der Waals surface area contributed by atoms with E-state index < -0.39 is 0 Å². The van der Waals surface area contributed by atoms with Crippen LogP contribution >= 0.6 is 0 Å². The molecule has 0 radical (unpaired) electrons. The topological polar surface area (TPSA) is 126 Å². The van der Waals surface area contributed by atoms with Crippen molar-refractivity contribution in [1.82, 2.24) is 19.8 Å². The van der Waals surface area contributed by atoms with Crippen LogP contribution in [0.4, 0.5) is 5.69 Å². The van der Waals surface area contributed by atoms with Gasteiger partial charge in [-0.2, -0.15) is 5.10 Å². The van der Waals surface area contributed by atoms with E-state index in [4.69, 9.17) is 32.6 Å². The highest BCUT2D eigenvalue weighted by Crippen LogP contribution is 2.28. The minimum atomic E-state index is 0.0882. The van der Waals surface area contributed by atoms with Crippen LogP contribution in [-0.4, -0.2) is 84.6 Å². The lowest BCUT2D eigenvalue weighted by molar-refractivity contribution is -0.126. The number of carbonyl (C=O) groups is 1. The minimum Gasteiger partial charge on any atom is -0.457 e. The molecule has 1 aromatic heterocycles. The molecule has 0 aliphatic carbocycles. The van der Waals surface area contributed by atoms with Crippen molar-refractivity contribution in [2.75, 3.05) is 46.8 Å². The van der Waals surface area contributed by atoms with E-state index in [2.05, 4.69) is 49.7 Å². The first-order chi connectivity index (χ1) is 28.2. The minimum absolute atomic E-state index is 0.0882. The molecule has 2 heterocycles. The number of likely N-dealkylation sites (N-methyl/N-ethyl adjacent to an activating group) is 1. The summed E-state index contributed by atoms with van der Waals surface area (Å²) in [4.78, 5) is 26.8. The van der Waals surface area contributed by atoms with Gasteiger partial charge in [-0.15, -0.1) is 12.3 Å². The Morgan fingerprint density at radius 1 is 1.07 bits per heavy atom. The maximum atomic E-state index is 13.1. The highest BCUT2D eigenvalue weighted by atomic mass is 16.5. The highest BCUT2D eigenvalue weighted by Gasteiger charge is 2.18. The predicted molar refractivity (Wildman–Crippen MR) is 254 cm³/mol. The lowest BCUT2D eigenvalue weighted by Gasteiger charge is -2.25. The van der Waals surface area contributed by atoms with Gasteiger partial charge >= 0.3 is 0 Å². The Morgan fingerprint density at radius 2 is 1.76 bits per heavy atom. The van der Waals surface area contributed by atoms with Crippen LogP contribution in [0.2, 0.25) is 0 Å². The molecule has 2 unspecified atom stereocenters. The normalized spacial score (nSPS) is 13.4. The number of rotatable bonds is 19. The second kappa shape index (κ2) is 32.2. The number of benzene rings is 1. The summed E-state index contributed by atoms with van der Waals surface area (Å²) < 4.78 is 6.11. The number of hydrazone groups is 1. The number of nitrogens with zero attached hydrogens (tertiary/aromatic N) is 6. The molecule has 4 N–H and O–H groups in total.